The summed E-state index contributed by atoms with van der Waals surface area (Å²) in [6.45, 7) is 3.48. The van der Waals surface area contributed by atoms with Crippen molar-refractivity contribution in [3.63, 3.8) is 0 Å². The Morgan fingerprint density at radius 3 is 2.75 bits per heavy atom. The molecule has 0 atom stereocenters. The van der Waals surface area contributed by atoms with Gasteiger partial charge >= 0.3 is 0 Å². The Labute approximate surface area is 117 Å². The summed E-state index contributed by atoms with van der Waals surface area (Å²) < 4.78 is 5.28. The number of carbonyl (C=O) groups excluding carboxylic acids is 1. The molecule has 4 heteroatoms. The van der Waals surface area contributed by atoms with E-state index < -0.39 is 0 Å². The van der Waals surface area contributed by atoms with Crippen LogP contribution >= 0.6 is 0 Å². The van der Waals surface area contributed by atoms with Crippen molar-refractivity contribution in [2.45, 2.75) is 13.8 Å². The fourth-order valence-corrected chi connectivity index (χ4v) is 1.75. The van der Waals surface area contributed by atoms with Gasteiger partial charge in [-0.05, 0) is 43.7 Å². The zero-order valence-electron chi connectivity index (χ0n) is 11.4. The van der Waals surface area contributed by atoms with Crippen molar-refractivity contribution in [1.82, 2.24) is 0 Å². The van der Waals surface area contributed by atoms with E-state index in [2.05, 4.69) is 17.2 Å². The number of hydrogen-bond donors (Lipinski definition) is 2. The van der Waals surface area contributed by atoms with Gasteiger partial charge in [0.25, 0.3) is 5.91 Å². The molecular formula is C16H15NO3. The van der Waals surface area contributed by atoms with Crippen LogP contribution < -0.4 is 5.32 Å². The van der Waals surface area contributed by atoms with Gasteiger partial charge in [0, 0.05) is 5.56 Å². The van der Waals surface area contributed by atoms with Gasteiger partial charge in [0.05, 0.1) is 5.69 Å². The Bertz CT molecular complexity index is 689. The third-order valence-corrected chi connectivity index (χ3v) is 2.69. The smallest absolute Gasteiger partial charge is 0.291 e. The molecule has 0 bridgehead atoms. The number of anilines is 1. The van der Waals surface area contributed by atoms with E-state index in [1.54, 1.807) is 25.1 Å². The molecule has 102 valence electrons. The number of rotatable bonds is 2. The van der Waals surface area contributed by atoms with Crippen LogP contribution in [0.5, 0.6) is 0 Å². The molecule has 2 rings (SSSR count). The van der Waals surface area contributed by atoms with Crippen molar-refractivity contribution in [2.75, 3.05) is 11.9 Å². The molecule has 0 radical (unpaired) electrons. The Morgan fingerprint density at radius 2 is 2.10 bits per heavy atom. The number of aliphatic hydroxyl groups is 1. The van der Waals surface area contributed by atoms with Crippen LogP contribution in [0.25, 0.3) is 0 Å². The van der Waals surface area contributed by atoms with E-state index in [0.717, 1.165) is 5.56 Å². The van der Waals surface area contributed by atoms with Gasteiger partial charge in [-0.2, -0.15) is 0 Å². The van der Waals surface area contributed by atoms with Crippen molar-refractivity contribution in [3.05, 3.63) is 53.0 Å². The number of amides is 1. The standard InChI is InChI=1S/C16H15NO3/c1-11-5-7-13(4-3-9-18)14(10-11)17-16(19)15-8-6-12(2)20-15/h5-8,10,18H,9H2,1-2H3,(H,17,19). The lowest BCUT2D eigenvalue weighted by Gasteiger charge is -2.07. The average Bonchev–Trinajstić information content (AvgIpc) is 2.85. The van der Waals surface area contributed by atoms with Crippen molar-refractivity contribution < 1.29 is 14.3 Å². The zero-order valence-corrected chi connectivity index (χ0v) is 11.4. The second-order valence-electron chi connectivity index (χ2n) is 4.37. The highest BCUT2D eigenvalue weighted by atomic mass is 16.3. The summed E-state index contributed by atoms with van der Waals surface area (Å²) in [7, 11) is 0. The maximum absolute atomic E-state index is 12.1. The molecule has 2 aromatic rings. The van der Waals surface area contributed by atoms with Crippen LogP contribution in [0.2, 0.25) is 0 Å². The van der Waals surface area contributed by atoms with E-state index in [0.29, 0.717) is 17.0 Å². The number of hydrogen-bond acceptors (Lipinski definition) is 3. The molecule has 1 amide bonds. The van der Waals surface area contributed by atoms with Crippen molar-refractivity contribution in [2.24, 2.45) is 0 Å². The molecule has 1 heterocycles. The lowest BCUT2D eigenvalue weighted by atomic mass is 10.1. The van der Waals surface area contributed by atoms with Crippen molar-refractivity contribution in [3.8, 4) is 11.8 Å². The molecule has 0 spiro atoms. The number of aryl methyl sites for hydroxylation is 2. The number of furan rings is 1. The second-order valence-corrected chi connectivity index (χ2v) is 4.37. The maximum Gasteiger partial charge on any atom is 0.291 e. The molecule has 0 fully saturated rings. The average molecular weight is 269 g/mol. The SMILES string of the molecule is Cc1ccc(C#CCO)c(NC(=O)c2ccc(C)o2)c1. The summed E-state index contributed by atoms with van der Waals surface area (Å²) in [5.74, 6) is 5.99. The third kappa shape index (κ3) is 3.28. The minimum atomic E-state index is -0.323. The molecule has 0 saturated carbocycles. The predicted octanol–water partition coefficient (Wildman–Crippen LogP) is 2.49. The molecule has 1 aromatic carbocycles. The number of benzene rings is 1. The molecule has 0 aliphatic carbocycles. The van der Waals surface area contributed by atoms with Crippen LogP contribution in [0, 0.1) is 25.7 Å². The highest BCUT2D eigenvalue weighted by Crippen LogP contribution is 2.18. The van der Waals surface area contributed by atoms with Gasteiger partial charge in [0.1, 0.15) is 12.4 Å². The first kappa shape index (κ1) is 13.9. The molecule has 4 nitrogen and oxygen atoms in total. The number of nitrogens with one attached hydrogen (secondary N) is 1. The Hall–Kier alpha value is -2.51. The number of aliphatic hydroxyl groups excluding tert-OH is 1. The van der Waals surface area contributed by atoms with E-state index in [4.69, 9.17) is 9.52 Å². The second kappa shape index (κ2) is 6.09. The number of carbonyl (C=O) groups is 1. The van der Waals surface area contributed by atoms with Gasteiger partial charge in [-0.25, -0.2) is 0 Å². The normalized spacial score (nSPS) is 9.75. The summed E-state index contributed by atoms with van der Waals surface area (Å²) in [6.07, 6.45) is 0. The summed E-state index contributed by atoms with van der Waals surface area (Å²) >= 11 is 0. The first-order valence-corrected chi connectivity index (χ1v) is 6.18. The van der Waals surface area contributed by atoms with E-state index in [1.807, 2.05) is 19.1 Å². The van der Waals surface area contributed by atoms with Gasteiger partial charge in [-0.1, -0.05) is 17.9 Å². The zero-order chi connectivity index (χ0) is 14.5. The van der Waals surface area contributed by atoms with Crippen LogP contribution in [0.3, 0.4) is 0 Å². The van der Waals surface area contributed by atoms with Gasteiger partial charge in [0.15, 0.2) is 5.76 Å². The monoisotopic (exact) mass is 269 g/mol. The van der Waals surface area contributed by atoms with Crippen LogP contribution in [0.1, 0.15) is 27.4 Å². The fourth-order valence-electron chi connectivity index (χ4n) is 1.75. The van der Waals surface area contributed by atoms with E-state index in [-0.39, 0.29) is 18.3 Å². The minimum absolute atomic E-state index is 0.224. The van der Waals surface area contributed by atoms with Gasteiger partial charge < -0.3 is 14.8 Å². The van der Waals surface area contributed by atoms with Crippen molar-refractivity contribution >= 4 is 11.6 Å². The van der Waals surface area contributed by atoms with E-state index >= 15 is 0 Å². The minimum Gasteiger partial charge on any atom is -0.456 e. The summed E-state index contributed by atoms with van der Waals surface area (Å²) in [6, 6.07) is 8.89. The molecule has 0 saturated heterocycles. The molecule has 20 heavy (non-hydrogen) atoms. The molecule has 0 aliphatic rings. The summed E-state index contributed by atoms with van der Waals surface area (Å²) in [4.78, 5) is 12.1. The first-order valence-electron chi connectivity index (χ1n) is 6.18. The first-order chi connectivity index (χ1) is 9.60. The molecule has 0 aliphatic heterocycles. The maximum atomic E-state index is 12.1. The molecular weight excluding hydrogens is 254 g/mol. The largest absolute Gasteiger partial charge is 0.456 e. The van der Waals surface area contributed by atoms with Gasteiger partial charge in [-0.3, -0.25) is 4.79 Å². The lowest BCUT2D eigenvalue weighted by Crippen LogP contribution is -2.12. The highest BCUT2D eigenvalue weighted by Gasteiger charge is 2.12. The fraction of sp³-hybridized carbons (Fsp3) is 0.188. The summed E-state index contributed by atoms with van der Waals surface area (Å²) in [5, 5.41) is 11.5. The van der Waals surface area contributed by atoms with Crippen LogP contribution in [-0.4, -0.2) is 17.6 Å². The van der Waals surface area contributed by atoms with Crippen LogP contribution in [-0.2, 0) is 0 Å². The Morgan fingerprint density at radius 1 is 1.30 bits per heavy atom. The van der Waals surface area contributed by atoms with Crippen molar-refractivity contribution in [1.29, 1.82) is 0 Å². The Balaban J connectivity index is 2.28. The van der Waals surface area contributed by atoms with Gasteiger partial charge in [0.2, 0.25) is 0 Å². The lowest BCUT2D eigenvalue weighted by molar-refractivity contribution is 0.0995. The highest BCUT2D eigenvalue weighted by molar-refractivity contribution is 6.03. The molecule has 1 aromatic heterocycles. The van der Waals surface area contributed by atoms with Crippen LogP contribution in [0.15, 0.2) is 34.7 Å². The predicted molar refractivity (Wildman–Crippen MR) is 76.5 cm³/mol. The topological polar surface area (TPSA) is 62.5 Å². The molecule has 0 unspecified atom stereocenters. The third-order valence-electron chi connectivity index (χ3n) is 2.69. The molecule has 2 N–H and O–H groups in total. The van der Waals surface area contributed by atoms with E-state index in [9.17, 15) is 4.79 Å². The quantitative estimate of drug-likeness (QED) is 0.823. The Kier molecular flexibility index (Phi) is 4.24. The van der Waals surface area contributed by atoms with Gasteiger partial charge in [-0.15, -0.1) is 0 Å². The van der Waals surface area contributed by atoms with E-state index in [1.165, 1.54) is 0 Å². The van der Waals surface area contributed by atoms with Crippen LogP contribution in [0.4, 0.5) is 5.69 Å². The summed E-state index contributed by atoms with van der Waals surface area (Å²) in [5.41, 5.74) is 2.26.